The van der Waals surface area contributed by atoms with Crippen molar-refractivity contribution >= 4 is 50.3 Å². The summed E-state index contributed by atoms with van der Waals surface area (Å²) >= 11 is 6.92. The number of nitrogens with one attached hydrogen (secondary N) is 1. The Morgan fingerprint density at radius 3 is 2.93 bits per heavy atom. The predicted molar refractivity (Wildman–Crippen MR) is 119 cm³/mol. The molecular formula is C20H21BrN4OS2. The number of aromatic nitrogens is 1. The Hall–Kier alpha value is -1.77. The molecule has 0 bridgehead atoms. The topological polar surface area (TPSA) is 48.5 Å². The van der Waals surface area contributed by atoms with Gasteiger partial charge in [-0.05, 0) is 24.6 Å². The van der Waals surface area contributed by atoms with E-state index in [1.165, 1.54) is 4.90 Å². The molecule has 146 valence electrons. The summed E-state index contributed by atoms with van der Waals surface area (Å²) in [5.74, 6) is 1.28. The second-order valence-corrected chi connectivity index (χ2v) is 9.62. The lowest BCUT2D eigenvalue weighted by atomic mass is 10.0. The average Bonchev–Trinajstić information content (AvgIpc) is 3.27. The third-order valence-electron chi connectivity index (χ3n) is 4.75. The summed E-state index contributed by atoms with van der Waals surface area (Å²) in [4.78, 5) is 21.0. The van der Waals surface area contributed by atoms with Gasteiger partial charge < -0.3 is 10.2 Å². The number of allylic oxidation sites excluding steroid dienone is 1. The molecule has 0 radical (unpaired) electrons. The summed E-state index contributed by atoms with van der Waals surface area (Å²) in [7, 11) is 1.87. The standard InChI is InChI=1S/C20H21BrN4OS2/c1-24-11-9-14(19(24)26)12-15-13-27-20(22-15)23-18-17(8-5-10-25(18)21)28-16-6-3-2-4-7-16/h2-8,13-14H,9-12H2,1H3,(H,22,23). The smallest absolute Gasteiger partial charge is 0.225 e. The van der Waals surface area contributed by atoms with E-state index in [1.54, 1.807) is 23.1 Å². The van der Waals surface area contributed by atoms with Crippen LogP contribution in [0.2, 0.25) is 0 Å². The Morgan fingerprint density at radius 2 is 2.18 bits per heavy atom. The van der Waals surface area contributed by atoms with Crippen LogP contribution in [0.25, 0.3) is 0 Å². The van der Waals surface area contributed by atoms with Crippen LogP contribution in [0.1, 0.15) is 12.1 Å². The molecule has 4 rings (SSSR count). The lowest BCUT2D eigenvalue weighted by molar-refractivity contribution is -0.129. The lowest BCUT2D eigenvalue weighted by Crippen LogP contribution is -2.23. The fourth-order valence-electron chi connectivity index (χ4n) is 3.26. The quantitative estimate of drug-likeness (QED) is 0.611. The highest BCUT2D eigenvalue weighted by Crippen LogP contribution is 2.35. The minimum absolute atomic E-state index is 0.0636. The van der Waals surface area contributed by atoms with Crippen LogP contribution >= 0.6 is 39.2 Å². The number of rotatable bonds is 6. The number of hydrogen-bond donors (Lipinski definition) is 1. The Kier molecular flexibility index (Phi) is 6.08. The van der Waals surface area contributed by atoms with E-state index in [0.29, 0.717) is 6.42 Å². The molecule has 1 aromatic heterocycles. The zero-order valence-electron chi connectivity index (χ0n) is 15.5. The first-order valence-electron chi connectivity index (χ1n) is 9.13. The van der Waals surface area contributed by atoms with Crippen molar-refractivity contribution in [3.05, 3.63) is 64.3 Å². The van der Waals surface area contributed by atoms with Gasteiger partial charge in [-0.1, -0.05) is 36.0 Å². The average molecular weight is 477 g/mol. The number of hydrogen-bond acceptors (Lipinski definition) is 6. The third kappa shape index (κ3) is 4.45. The highest BCUT2D eigenvalue weighted by Gasteiger charge is 2.29. The molecule has 1 atom stereocenters. The molecule has 5 nitrogen and oxygen atoms in total. The van der Waals surface area contributed by atoms with E-state index in [0.717, 1.165) is 41.1 Å². The van der Waals surface area contributed by atoms with Gasteiger partial charge in [0.1, 0.15) is 5.82 Å². The van der Waals surface area contributed by atoms with Gasteiger partial charge in [0, 0.05) is 42.8 Å². The summed E-state index contributed by atoms with van der Waals surface area (Å²) < 4.78 is 2.01. The van der Waals surface area contributed by atoms with Crippen molar-refractivity contribution in [1.29, 1.82) is 0 Å². The van der Waals surface area contributed by atoms with Crippen LogP contribution in [-0.4, -0.2) is 39.9 Å². The minimum Gasteiger partial charge on any atom is -0.345 e. The van der Waals surface area contributed by atoms with E-state index >= 15 is 0 Å². The molecule has 28 heavy (non-hydrogen) atoms. The first-order valence-corrected chi connectivity index (χ1v) is 11.5. The van der Waals surface area contributed by atoms with Crippen molar-refractivity contribution in [3.8, 4) is 0 Å². The number of benzene rings is 1. The van der Waals surface area contributed by atoms with Gasteiger partial charge in [0.15, 0.2) is 5.13 Å². The number of carbonyl (C=O) groups excluding carboxylic acids is 1. The molecule has 2 aliphatic heterocycles. The van der Waals surface area contributed by atoms with Gasteiger partial charge in [-0.2, -0.15) is 0 Å². The van der Waals surface area contributed by atoms with Crippen molar-refractivity contribution in [2.45, 2.75) is 17.7 Å². The number of halogens is 1. The highest BCUT2D eigenvalue weighted by atomic mass is 79.9. The number of likely N-dealkylation sites (tertiary alicyclic amines) is 1. The van der Waals surface area contributed by atoms with E-state index in [9.17, 15) is 4.79 Å². The zero-order chi connectivity index (χ0) is 19.5. The van der Waals surface area contributed by atoms with Gasteiger partial charge in [0.2, 0.25) is 5.91 Å². The number of anilines is 1. The number of nitrogens with zero attached hydrogens (tertiary/aromatic N) is 3. The second kappa shape index (κ2) is 8.71. The first kappa shape index (κ1) is 19.5. The summed E-state index contributed by atoms with van der Waals surface area (Å²) in [6, 6.07) is 10.3. The highest BCUT2D eigenvalue weighted by molar-refractivity contribution is 9.07. The number of amides is 1. The molecule has 2 aliphatic rings. The third-order valence-corrected chi connectivity index (χ3v) is 7.26. The van der Waals surface area contributed by atoms with Gasteiger partial charge in [-0.3, -0.25) is 8.72 Å². The molecule has 1 N–H and O–H groups in total. The largest absolute Gasteiger partial charge is 0.345 e. The molecule has 0 aliphatic carbocycles. The first-order chi connectivity index (χ1) is 13.6. The molecule has 1 amide bonds. The number of thioether (sulfide) groups is 1. The molecule has 1 saturated heterocycles. The molecule has 1 aromatic carbocycles. The summed E-state index contributed by atoms with van der Waals surface area (Å²) in [5.41, 5.74) is 0.978. The number of carbonyl (C=O) groups is 1. The Balaban J connectivity index is 1.49. The van der Waals surface area contributed by atoms with Crippen LogP contribution in [0.4, 0.5) is 5.13 Å². The van der Waals surface area contributed by atoms with Crippen molar-refractivity contribution < 1.29 is 4.79 Å². The fraction of sp³-hybridized carbons (Fsp3) is 0.300. The summed E-state index contributed by atoms with van der Waals surface area (Å²) in [6.07, 6.45) is 5.89. The van der Waals surface area contributed by atoms with E-state index < -0.39 is 0 Å². The molecule has 1 unspecified atom stereocenters. The second-order valence-electron chi connectivity index (χ2n) is 6.79. The van der Waals surface area contributed by atoms with E-state index in [1.807, 2.05) is 34.1 Å². The zero-order valence-corrected chi connectivity index (χ0v) is 18.7. The maximum atomic E-state index is 12.1. The molecule has 0 saturated carbocycles. The summed E-state index contributed by atoms with van der Waals surface area (Å²) in [6.45, 7) is 1.62. The normalized spacial score (nSPS) is 19.6. The fourth-order valence-corrected chi connectivity index (χ4v) is 5.51. The van der Waals surface area contributed by atoms with Crippen LogP contribution in [0, 0.1) is 5.92 Å². The van der Waals surface area contributed by atoms with Crippen molar-refractivity contribution in [1.82, 2.24) is 13.8 Å². The van der Waals surface area contributed by atoms with Gasteiger partial charge in [0.05, 0.1) is 26.7 Å². The van der Waals surface area contributed by atoms with Crippen LogP contribution in [0.15, 0.2) is 63.5 Å². The van der Waals surface area contributed by atoms with Gasteiger partial charge in [-0.25, -0.2) is 4.98 Å². The van der Waals surface area contributed by atoms with Crippen molar-refractivity contribution in [3.63, 3.8) is 0 Å². The maximum absolute atomic E-state index is 12.1. The lowest BCUT2D eigenvalue weighted by Gasteiger charge is -2.24. The van der Waals surface area contributed by atoms with E-state index in [-0.39, 0.29) is 11.8 Å². The molecule has 0 spiro atoms. The van der Waals surface area contributed by atoms with Gasteiger partial charge in [-0.15, -0.1) is 11.3 Å². The predicted octanol–water partition coefficient (Wildman–Crippen LogP) is 4.72. The molecule has 2 aromatic rings. The van der Waals surface area contributed by atoms with Crippen molar-refractivity contribution in [2.24, 2.45) is 5.92 Å². The molecular weight excluding hydrogens is 456 g/mol. The molecule has 8 heteroatoms. The van der Waals surface area contributed by atoms with Crippen molar-refractivity contribution in [2.75, 3.05) is 25.5 Å². The van der Waals surface area contributed by atoms with Gasteiger partial charge in [0.25, 0.3) is 0 Å². The minimum atomic E-state index is 0.0636. The molecule has 1 fully saturated rings. The Labute approximate surface area is 181 Å². The van der Waals surface area contributed by atoms with Crippen LogP contribution in [0.3, 0.4) is 0 Å². The Morgan fingerprint density at radius 1 is 1.36 bits per heavy atom. The van der Waals surface area contributed by atoms with Crippen LogP contribution in [0.5, 0.6) is 0 Å². The van der Waals surface area contributed by atoms with Crippen LogP contribution < -0.4 is 5.32 Å². The SMILES string of the molecule is CN1CCC(Cc2csc(NC3=C(Sc4ccccc4)C=CCN3Br)n2)C1=O. The van der Waals surface area contributed by atoms with E-state index in [2.05, 4.69) is 51.1 Å². The Bertz CT molecular complexity index is 912. The number of thiazole rings is 1. The monoisotopic (exact) mass is 476 g/mol. The van der Waals surface area contributed by atoms with Gasteiger partial charge >= 0.3 is 0 Å². The molecule has 3 heterocycles. The summed E-state index contributed by atoms with van der Waals surface area (Å²) in [5, 5.41) is 6.36. The maximum Gasteiger partial charge on any atom is 0.225 e. The van der Waals surface area contributed by atoms with Crippen LogP contribution in [-0.2, 0) is 11.2 Å². The van der Waals surface area contributed by atoms with E-state index in [4.69, 9.17) is 4.98 Å².